The lowest BCUT2D eigenvalue weighted by Crippen LogP contribution is -2.55. The quantitative estimate of drug-likeness (QED) is 0.774. The first-order valence-corrected chi connectivity index (χ1v) is 7.85. The molecule has 0 aromatic carbocycles. The summed E-state index contributed by atoms with van der Waals surface area (Å²) in [5, 5.41) is 6.04. The summed E-state index contributed by atoms with van der Waals surface area (Å²) >= 11 is 0. The molecule has 1 saturated heterocycles. The van der Waals surface area contributed by atoms with Crippen molar-refractivity contribution >= 4 is 6.03 Å². The van der Waals surface area contributed by atoms with E-state index >= 15 is 0 Å². The number of urea groups is 1. The molecule has 1 aliphatic heterocycles. The molecule has 0 bridgehead atoms. The number of hydrogen-bond acceptors (Lipinski definition) is 3. The highest BCUT2D eigenvalue weighted by Crippen LogP contribution is 2.09. The van der Waals surface area contributed by atoms with Crippen molar-refractivity contribution in [1.82, 2.24) is 20.4 Å². The molecule has 1 rings (SSSR count). The first-order chi connectivity index (χ1) is 9.42. The van der Waals surface area contributed by atoms with Crippen molar-refractivity contribution in [2.75, 3.05) is 40.3 Å². The van der Waals surface area contributed by atoms with Crippen molar-refractivity contribution in [3.05, 3.63) is 0 Å². The number of carbonyl (C=O) groups is 1. The molecule has 2 N–H and O–H groups in total. The van der Waals surface area contributed by atoms with E-state index in [-0.39, 0.29) is 12.1 Å². The minimum absolute atomic E-state index is 0.0394. The van der Waals surface area contributed by atoms with Crippen LogP contribution in [0.1, 0.15) is 33.6 Å². The van der Waals surface area contributed by atoms with Gasteiger partial charge in [0, 0.05) is 38.3 Å². The summed E-state index contributed by atoms with van der Waals surface area (Å²) in [5.74, 6) is 0.656. The van der Waals surface area contributed by atoms with Gasteiger partial charge in [-0.25, -0.2) is 4.79 Å². The van der Waals surface area contributed by atoms with Crippen molar-refractivity contribution in [1.29, 1.82) is 0 Å². The molecule has 5 heteroatoms. The van der Waals surface area contributed by atoms with Gasteiger partial charge in [0.1, 0.15) is 0 Å². The fourth-order valence-corrected chi connectivity index (χ4v) is 2.64. The van der Waals surface area contributed by atoms with Crippen LogP contribution in [-0.2, 0) is 0 Å². The maximum Gasteiger partial charge on any atom is 0.315 e. The van der Waals surface area contributed by atoms with Crippen LogP contribution in [-0.4, -0.2) is 68.2 Å². The summed E-state index contributed by atoms with van der Waals surface area (Å²) in [6, 6.07) is 0.600. The summed E-state index contributed by atoms with van der Waals surface area (Å²) < 4.78 is 0. The summed E-state index contributed by atoms with van der Waals surface area (Å²) in [6.07, 6.45) is 2.20. The first-order valence-electron chi connectivity index (χ1n) is 7.85. The lowest BCUT2D eigenvalue weighted by atomic mass is 10.0. The third-order valence-corrected chi connectivity index (χ3v) is 4.31. The second kappa shape index (κ2) is 8.47. The third-order valence-electron chi connectivity index (χ3n) is 4.31. The molecule has 0 radical (unpaired) electrons. The van der Waals surface area contributed by atoms with Gasteiger partial charge in [0.15, 0.2) is 0 Å². The first kappa shape index (κ1) is 17.2. The highest BCUT2D eigenvalue weighted by molar-refractivity contribution is 5.74. The molecule has 1 aliphatic rings. The smallest absolute Gasteiger partial charge is 0.315 e. The van der Waals surface area contributed by atoms with Gasteiger partial charge < -0.3 is 15.5 Å². The van der Waals surface area contributed by atoms with Crippen molar-refractivity contribution in [2.24, 2.45) is 5.92 Å². The number of amides is 2. The molecule has 3 atom stereocenters. The van der Waals surface area contributed by atoms with Crippen LogP contribution >= 0.6 is 0 Å². The zero-order valence-electron chi connectivity index (χ0n) is 13.8. The van der Waals surface area contributed by atoms with E-state index in [0.29, 0.717) is 18.5 Å². The maximum atomic E-state index is 11.9. The van der Waals surface area contributed by atoms with E-state index in [0.717, 1.165) is 32.5 Å². The molecular formula is C15H32N4O. The molecule has 2 amide bonds. The number of piperazine rings is 1. The fraction of sp³-hybridized carbons (Fsp3) is 0.933. The van der Waals surface area contributed by atoms with Gasteiger partial charge in [0.2, 0.25) is 0 Å². The third kappa shape index (κ3) is 6.09. The van der Waals surface area contributed by atoms with Crippen molar-refractivity contribution in [3.8, 4) is 0 Å². The van der Waals surface area contributed by atoms with E-state index in [4.69, 9.17) is 0 Å². The molecule has 0 saturated carbocycles. The highest BCUT2D eigenvalue weighted by Gasteiger charge is 2.22. The van der Waals surface area contributed by atoms with Gasteiger partial charge in [-0.3, -0.25) is 4.90 Å². The van der Waals surface area contributed by atoms with Gasteiger partial charge in [-0.15, -0.1) is 0 Å². The van der Waals surface area contributed by atoms with Crippen LogP contribution in [0.4, 0.5) is 4.79 Å². The van der Waals surface area contributed by atoms with E-state index < -0.39 is 0 Å². The molecule has 0 aromatic rings. The monoisotopic (exact) mass is 284 g/mol. The van der Waals surface area contributed by atoms with Crippen LogP contribution in [0.3, 0.4) is 0 Å². The van der Waals surface area contributed by atoms with Crippen molar-refractivity contribution in [2.45, 2.75) is 45.7 Å². The van der Waals surface area contributed by atoms with Gasteiger partial charge in [0.25, 0.3) is 0 Å². The Bertz CT molecular complexity index is 298. The van der Waals surface area contributed by atoms with Crippen LogP contribution < -0.4 is 10.6 Å². The molecule has 3 unspecified atom stereocenters. The lowest BCUT2D eigenvalue weighted by molar-refractivity contribution is 0.114. The molecule has 5 nitrogen and oxygen atoms in total. The largest absolute Gasteiger partial charge is 0.337 e. The number of nitrogens with one attached hydrogen (secondary N) is 2. The van der Waals surface area contributed by atoms with Crippen molar-refractivity contribution < 1.29 is 4.79 Å². The Hall–Kier alpha value is -0.810. The standard InChI is InChI=1S/C15H32N4O/c1-6-12(2)9-13(3)17-15(20)16-10-14-11-18(4)7-8-19(14)5/h12-14H,6-11H2,1-5H3,(H2,16,17,20). The number of carbonyl (C=O) groups excluding carboxylic acids is 1. The maximum absolute atomic E-state index is 11.9. The zero-order valence-corrected chi connectivity index (χ0v) is 13.8. The number of likely N-dealkylation sites (N-methyl/N-ethyl adjacent to an activating group) is 2. The Morgan fingerprint density at radius 1 is 1.30 bits per heavy atom. The number of nitrogens with zero attached hydrogens (tertiary/aromatic N) is 2. The summed E-state index contributed by atoms with van der Waals surface area (Å²) in [5.41, 5.74) is 0. The predicted molar refractivity (Wildman–Crippen MR) is 84.0 cm³/mol. The van der Waals surface area contributed by atoms with Gasteiger partial charge >= 0.3 is 6.03 Å². The average molecular weight is 284 g/mol. The second-order valence-corrected chi connectivity index (χ2v) is 6.40. The van der Waals surface area contributed by atoms with Gasteiger partial charge in [0.05, 0.1) is 0 Å². The van der Waals surface area contributed by atoms with E-state index in [1.54, 1.807) is 0 Å². The number of rotatable bonds is 6. The predicted octanol–water partition coefficient (Wildman–Crippen LogP) is 1.36. The molecule has 20 heavy (non-hydrogen) atoms. The van der Waals surface area contributed by atoms with Crippen LogP contribution in [0.2, 0.25) is 0 Å². The van der Waals surface area contributed by atoms with Crippen LogP contribution in [0.5, 0.6) is 0 Å². The topological polar surface area (TPSA) is 47.6 Å². The van der Waals surface area contributed by atoms with Crippen LogP contribution in [0.15, 0.2) is 0 Å². The summed E-state index contributed by atoms with van der Waals surface area (Å²) in [7, 11) is 4.26. The Morgan fingerprint density at radius 2 is 2.00 bits per heavy atom. The fourth-order valence-electron chi connectivity index (χ4n) is 2.64. The van der Waals surface area contributed by atoms with Crippen LogP contribution in [0.25, 0.3) is 0 Å². The summed E-state index contributed by atoms with van der Waals surface area (Å²) in [4.78, 5) is 16.5. The van der Waals surface area contributed by atoms with Gasteiger partial charge in [-0.2, -0.15) is 0 Å². The lowest BCUT2D eigenvalue weighted by Gasteiger charge is -2.37. The Kier molecular flexibility index (Phi) is 7.30. The van der Waals surface area contributed by atoms with Crippen LogP contribution in [0, 0.1) is 5.92 Å². The van der Waals surface area contributed by atoms with E-state index in [9.17, 15) is 4.79 Å². The zero-order chi connectivity index (χ0) is 15.1. The van der Waals surface area contributed by atoms with Crippen molar-refractivity contribution in [3.63, 3.8) is 0 Å². The Morgan fingerprint density at radius 3 is 2.65 bits per heavy atom. The highest BCUT2D eigenvalue weighted by atomic mass is 16.2. The number of hydrogen-bond donors (Lipinski definition) is 2. The minimum atomic E-state index is -0.0394. The summed E-state index contributed by atoms with van der Waals surface area (Å²) in [6.45, 7) is 10.4. The Labute approximate surface area is 124 Å². The second-order valence-electron chi connectivity index (χ2n) is 6.40. The molecule has 1 fully saturated rings. The van der Waals surface area contributed by atoms with Gasteiger partial charge in [-0.1, -0.05) is 20.3 Å². The molecule has 0 aliphatic carbocycles. The Balaban J connectivity index is 2.25. The normalized spacial score (nSPS) is 24.1. The average Bonchev–Trinajstić information content (AvgIpc) is 2.39. The van der Waals surface area contributed by atoms with E-state index in [1.165, 1.54) is 0 Å². The molecule has 0 aromatic heterocycles. The molecule has 1 heterocycles. The molecular weight excluding hydrogens is 252 g/mol. The molecule has 118 valence electrons. The van der Waals surface area contributed by atoms with E-state index in [1.807, 2.05) is 0 Å². The van der Waals surface area contributed by atoms with Gasteiger partial charge in [-0.05, 0) is 33.4 Å². The molecule has 0 spiro atoms. The SMILES string of the molecule is CCC(C)CC(C)NC(=O)NCC1CN(C)CCN1C. The minimum Gasteiger partial charge on any atom is -0.337 e. The van der Waals surface area contributed by atoms with E-state index in [2.05, 4.69) is 55.3 Å².